The summed E-state index contributed by atoms with van der Waals surface area (Å²) < 4.78 is 1.95. The lowest BCUT2D eigenvalue weighted by atomic mass is 10.1. The molecule has 0 atom stereocenters. The van der Waals surface area contributed by atoms with Gasteiger partial charge in [-0.2, -0.15) is 5.10 Å². The van der Waals surface area contributed by atoms with E-state index in [4.69, 9.17) is 0 Å². The number of pyridine rings is 1. The summed E-state index contributed by atoms with van der Waals surface area (Å²) >= 11 is 1.76. The molecule has 3 heterocycles. The Balaban J connectivity index is 1.29. The molecular weight excluding hydrogens is 406 g/mol. The summed E-state index contributed by atoms with van der Waals surface area (Å²) in [6.45, 7) is 8.38. The van der Waals surface area contributed by atoms with Crippen LogP contribution >= 0.6 is 11.8 Å². The number of piperazine rings is 1. The first-order valence-corrected chi connectivity index (χ1v) is 11.6. The molecule has 0 saturated carbocycles. The summed E-state index contributed by atoms with van der Waals surface area (Å²) in [5.41, 5.74) is 5.58. The van der Waals surface area contributed by atoms with Crippen molar-refractivity contribution < 1.29 is 4.79 Å². The van der Waals surface area contributed by atoms with Gasteiger partial charge in [0.2, 0.25) is 0 Å². The van der Waals surface area contributed by atoms with Crippen LogP contribution in [0.2, 0.25) is 0 Å². The van der Waals surface area contributed by atoms with Gasteiger partial charge in [0.05, 0.1) is 5.69 Å². The minimum absolute atomic E-state index is 0.122. The van der Waals surface area contributed by atoms with E-state index in [-0.39, 0.29) is 5.91 Å². The van der Waals surface area contributed by atoms with Crippen LogP contribution in [0.25, 0.3) is 0 Å². The number of hydrogen-bond acceptors (Lipinski definition) is 5. The Morgan fingerprint density at radius 3 is 2.42 bits per heavy atom. The van der Waals surface area contributed by atoms with Crippen LogP contribution in [0.15, 0.2) is 53.7 Å². The minimum Gasteiger partial charge on any atom is -0.336 e. The number of aromatic nitrogens is 3. The molecule has 0 unspecified atom stereocenters. The molecule has 1 fully saturated rings. The molecule has 4 rings (SSSR count). The first-order chi connectivity index (χ1) is 15.0. The van der Waals surface area contributed by atoms with Gasteiger partial charge in [0.15, 0.2) is 0 Å². The predicted molar refractivity (Wildman–Crippen MR) is 124 cm³/mol. The van der Waals surface area contributed by atoms with Gasteiger partial charge in [-0.3, -0.25) is 19.4 Å². The van der Waals surface area contributed by atoms with E-state index < -0.39 is 0 Å². The number of carbonyl (C=O) groups is 1. The summed E-state index contributed by atoms with van der Waals surface area (Å²) in [7, 11) is 1.99. The van der Waals surface area contributed by atoms with Crippen molar-refractivity contribution in [3.05, 3.63) is 76.9 Å². The Kier molecular flexibility index (Phi) is 6.73. The third-order valence-corrected chi connectivity index (χ3v) is 7.01. The van der Waals surface area contributed by atoms with E-state index in [1.807, 2.05) is 53.2 Å². The van der Waals surface area contributed by atoms with Crippen LogP contribution in [-0.2, 0) is 19.3 Å². The quantitative estimate of drug-likeness (QED) is 0.553. The van der Waals surface area contributed by atoms with Crippen molar-refractivity contribution >= 4 is 17.7 Å². The highest BCUT2D eigenvalue weighted by atomic mass is 32.2. The first-order valence-electron chi connectivity index (χ1n) is 10.6. The van der Waals surface area contributed by atoms with E-state index in [1.54, 1.807) is 18.0 Å². The van der Waals surface area contributed by atoms with E-state index in [9.17, 15) is 4.79 Å². The Bertz CT molecular complexity index is 1020. The highest BCUT2D eigenvalue weighted by Crippen LogP contribution is 2.23. The smallest absolute Gasteiger partial charge is 0.253 e. The molecule has 7 heteroatoms. The Labute approximate surface area is 188 Å². The second kappa shape index (κ2) is 9.66. The number of benzene rings is 1. The highest BCUT2D eigenvalue weighted by Gasteiger charge is 2.23. The maximum Gasteiger partial charge on any atom is 0.253 e. The SMILES string of the molecule is Cc1nn(C)c(C)c1CN1CCN(C(=O)c2ccc(SCc3cccnc3)cc2)CC1. The summed E-state index contributed by atoms with van der Waals surface area (Å²) in [6.07, 6.45) is 3.68. The largest absolute Gasteiger partial charge is 0.336 e. The molecule has 1 saturated heterocycles. The van der Waals surface area contributed by atoms with Crippen LogP contribution in [0.4, 0.5) is 0 Å². The molecule has 0 radical (unpaired) electrons. The maximum absolute atomic E-state index is 12.9. The number of rotatable bonds is 6. The first kappa shape index (κ1) is 21.6. The molecule has 0 bridgehead atoms. The molecule has 3 aromatic rings. The van der Waals surface area contributed by atoms with E-state index in [1.165, 1.54) is 16.8 Å². The highest BCUT2D eigenvalue weighted by molar-refractivity contribution is 7.98. The minimum atomic E-state index is 0.122. The lowest BCUT2D eigenvalue weighted by molar-refractivity contribution is 0.0628. The fourth-order valence-electron chi connectivity index (χ4n) is 3.91. The number of nitrogens with zero attached hydrogens (tertiary/aromatic N) is 5. The van der Waals surface area contributed by atoms with Gasteiger partial charge in [-0.15, -0.1) is 11.8 Å². The molecule has 6 nitrogen and oxygen atoms in total. The monoisotopic (exact) mass is 435 g/mol. The van der Waals surface area contributed by atoms with E-state index in [0.29, 0.717) is 0 Å². The zero-order chi connectivity index (χ0) is 21.8. The van der Waals surface area contributed by atoms with E-state index >= 15 is 0 Å². The van der Waals surface area contributed by atoms with Gasteiger partial charge in [0.25, 0.3) is 5.91 Å². The number of aryl methyl sites for hydroxylation is 2. The van der Waals surface area contributed by atoms with Crippen LogP contribution in [0.3, 0.4) is 0 Å². The normalized spacial score (nSPS) is 14.7. The number of amides is 1. The third-order valence-electron chi connectivity index (χ3n) is 5.93. The fraction of sp³-hybridized carbons (Fsp3) is 0.375. The molecular formula is C24H29N5OS. The van der Waals surface area contributed by atoms with Gasteiger partial charge < -0.3 is 4.90 Å². The van der Waals surface area contributed by atoms with Crippen LogP contribution in [0, 0.1) is 13.8 Å². The Morgan fingerprint density at radius 1 is 1.06 bits per heavy atom. The number of carbonyl (C=O) groups excluding carboxylic acids is 1. The van der Waals surface area contributed by atoms with Gasteiger partial charge in [0.1, 0.15) is 0 Å². The molecule has 31 heavy (non-hydrogen) atoms. The Hall–Kier alpha value is -2.64. The predicted octanol–water partition coefficient (Wildman–Crippen LogP) is 3.68. The summed E-state index contributed by atoms with van der Waals surface area (Å²) in [5.74, 6) is 0.996. The second-order valence-electron chi connectivity index (χ2n) is 8.02. The zero-order valence-electron chi connectivity index (χ0n) is 18.4. The van der Waals surface area contributed by atoms with Gasteiger partial charge in [-0.25, -0.2) is 0 Å². The maximum atomic E-state index is 12.9. The van der Waals surface area contributed by atoms with Gasteiger partial charge in [0, 0.05) is 79.6 Å². The van der Waals surface area contributed by atoms with E-state index in [0.717, 1.165) is 54.6 Å². The molecule has 2 aromatic heterocycles. The standard InChI is InChI=1S/C24H29N5OS/c1-18-23(19(2)27(3)26-18)16-28-11-13-29(14-12-28)24(30)21-6-8-22(9-7-21)31-17-20-5-4-10-25-15-20/h4-10,15H,11-14,16-17H2,1-3H3. The summed E-state index contributed by atoms with van der Waals surface area (Å²) in [6, 6.07) is 12.0. The van der Waals surface area contributed by atoms with Crippen LogP contribution in [0.1, 0.15) is 32.9 Å². The number of hydrogen-bond donors (Lipinski definition) is 0. The molecule has 1 aliphatic rings. The molecule has 0 aliphatic carbocycles. The van der Waals surface area contributed by atoms with Gasteiger partial charge >= 0.3 is 0 Å². The summed E-state index contributed by atoms with van der Waals surface area (Å²) in [4.78, 5) is 22.6. The topological polar surface area (TPSA) is 54.3 Å². The number of thioether (sulfide) groups is 1. The van der Waals surface area contributed by atoms with Crippen LogP contribution in [-0.4, -0.2) is 56.7 Å². The average molecular weight is 436 g/mol. The van der Waals surface area contributed by atoms with Crippen molar-refractivity contribution in [3.63, 3.8) is 0 Å². The molecule has 1 aliphatic heterocycles. The molecule has 1 aromatic carbocycles. The molecule has 162 valence electrons. The molecule has 0 N–H and O–H groups in total. The van der Waals surface area contributed by atoms with Crippen molar-refractivity contribution in [2.24, 2.45) is 7.05 Å². The summed E-state index contributed by atoms with van der Waals surface area (Å²) in [5, 5.41) is 4.52. The lowest BCUT2D eigenvalue weighted by Gasteiger charge is -2.34. The van der Waals surface area contributed by atoms with Gasteiger partial charge in [-0.1, -0.05) is 6.07 Å². The van der Waals surface area contributed by atoms with Crippen molar-refractivity contribution in [1.82, 2.24) is 24.6 Å². The fourth-order valence-corrected chi connectivity index (χ4v) is 4.74. The van der Waals surface area contributed by atoms with Crippen molar-refractivity contribution in [2.45, 2.75) is 31.0 Å². The second-order valence-corrected chi connectivity index (χ2v) is 9.06. The van der Waals surface area contributed by atoms with Crippen LogP contribution in [0.5, 0.6) is 0 Å². The van der Waals surface area contributed by atoms with Crippen molar-refractivity contribution in [3.8, 4) is 0 Å². The van der Waals surface area contributed by atoms with E-state index in [2.05, 4.69) is 34.9 Å². The zero-order valence-corrected chi connectivity index (χ0v) is 19.2. The Morgan fingerprint density at radius 2 is 1.81 bits per heavy atom. The lowest BCUT2D eigenvalue weighted by Crippen LogP contribution is -2.48. The van der Waals surface area contributed by atoms with Crippen molar-refractivity contribution in [2.75, 3.05) is 26.2 Å². The van der Waals surface area contributed by atoms with Crippen molar-refractivity contribution in [1.29, 1.82) is 0 Å². The molecule has 0 spiro atoms. The van der Waals surface area contributed by atoms with Crippen LogP contribution < -0.4 is 0 Å². The molecule has 1 amide bonds. The third kappa shape index (κ3) is 5.17. The average Bonchev–Trinajstić information content (AvgIpc) is 3.04. The van der Waals surface area contributed by atoms with Gasteiger partial charge in [-0.05, 0) is 49.7 Å².